The van der Waals surface area contributed by atoms with Gasteiger partial charge in [0.15, 0.2) is 5.11 Å². The maximum absolute atomic E-state index is 12.1. The number of thiocarbonyl (C=S) groups is 1. The molecule has 0 aliphatic carbocycles. The number of anilines is 1. The second-order valence-corrected chi connectivity index (χ2v) is 6.79. The molecule has 0 bridgehead atoms. The highest BCUT2D eigenvalue weighted by Crippen LogP contribution is 2.17. The van der Waals surface area contributed by atoms with Crippen molar-refractivity contribution in [1.82, 2.24) is 10.2 Å². The van der Waals surface area contributed by atoms with Crippen LogP contribution >= 0.6 is 12.2 Å². The van der Waals surface area contributed by atoms with E-state index in [1.54, 1.807) is 12.1 Å². The fourth-order valence-electron chi connectivity index (χ4n) is 2.69. The number of halogens is 2. The molecule has 1 fully saturated rings. The van der Waals surface area contributed by atoms with Crippen LogP contribution in [-0.4, -0.2) is 55.5 Å². The van der Waals surface area contributed by atoms with E-state index in [4.69, 9.17) is 17.0 Å². The molecule has 0 unspecified atom stereocenters. The summed E-state index contributed by atoms with van der Waals surface area (Å²) in [5.74, 6) is 0.742. The van der Waals surface area contributed by atoms with Crippen molar-refractivity contribution >= 4 is 23.0 Å². The van der Waals surface area contributed by atoms with Gasteiger partial charge in [-0.05, 0) is 42.4 Å². The van der Waals surface area contributed by atoms with Crippen molar-refractivity contribution in [2.45, 2.75) is 26.6 Å². The van der Waals surface area contributed by atoms with E-state index >= 15 is 0 Å². The molecule has 2 rings (SSSR count). The van der Waals surface area contributed by atoms with Crippen molar-refractivity contribution in [2.75, 3.05) is 38.1 Å². The molecule has 0 amide bonds. The fraction of sp³-hybridized carbons (Fsp3) is 0.588. The zero-order chi connectivity index (χ0) is 18.2. The van der Waals surface area contributed by atoms with Crippen LogP contribution in [0.2, 0.25) is 0 Å². The summed E-state index contributed by atoms with van der Waals surface area (Å²) in [6, 6.07) is 6.19. The first-order valence-electron chi connectivity index (χ1n) is 8.36. The Kier molecular flexibility index (Phi) is 7.80. The van der Waals surface area contributed by atoms with E-state index in [0.29, 0.717) is 23.3 Å². The highest BCUT2D eigenvalue weighted by Gasteiger charge is 2.20. The summed E-state index contributed by atoms with van der Waals surface area (Å²) in [5.41, 5.74) is 0.699. The van der Waals surface area contributed by atoms with Crippen molar-refractivity contribution < 1.29 is 18.3 Å². The molecule has 2 N–H and O–H groups in total. The quantitative estimate of drug-likeness (QED) is 0.717. The lowest BCUT2D eigenvalue weighted by molar-refractivity contribution is -0.0498. The minimum atomic E-state index is -2.83. The molecule has 0 aromatic heterocycles. The molecule has 140 valence electrons. The number of hydrogen-bond acceptors (Lipinski definition) is 4. The number of ether oxygens (including phenoxy) is 2. The van der Waals surface area contributed by atoms with Crippen LogP contribution in [0, 0.1) is 5.92 Å². The normalized spacial score (nSPS) is 18.4. The van der Waals surface area contributed by atoms with Gasteiger partial charge in [-0.25, -0.2) is 0 Å². The summed E-state index contributed by atoms with van der Waals surface area (Å²) in [5, 5.41) is 6.62. The lowest BCUT2D eigenvalue weighted by atomic mass is 10.2. The molecule has 1 saturated heterocycles. The zero-order valence-corrected chi connectivity index (χ0v) is 15.3. The third kappa shape index (κ3) is 7.50. The molecular weight excluding hydrogens is 348 g/mol. The van der Waals surface area contributed by atoms with Gasteiger partial charge in [-0.3, -0.25) is 4.90 Å². The van der Waals surface area contributed by atoms with Crippen LogP contribution in [0.1, 0.15) is 13.8 Å². The second kappa shape index (κ2) is 9.84. The van der Waals surface area contributed by atoms with Gasteiger partial charge in [-0.1, -0.05) is 13.8 Å². The summed E-state index contributed by atoms with van der Waals surface area (Å²) in [4.78, 5) is 2.40. The minimum absolute atomic E-state index is 0.0917. The van der Waals surface area contributed by atoms with E-state index in [1.165, 1.54) is 12.1 Å². The molecule has 1 aliphatic rings. The van der Waals surface area contributed by atoms with Gasteiger partial charge < -0.3 is 20.1 Å². The average Bonchev–Trinajstić information content (AvgIpc) is 2.54. The number of nitrogens with one attached hydrogen (secondary N) is 2. The molecule has 1 heterocycles. The SMILES string of the molecule is CC(C)CN1CCO[C@@H](CNC(=S)Nc2ccc(OC(F)F)cc2)C1. The van der Waals surface area contributed by atoms with Gasteiger partial charge in [0.2, 0.25) is 0 Å². The largest absolute Gasteiger partial charge is 0.435 e. The van der Waals surface area contributed by atoms with Crippen LogP contribution in [0.3, 0.4) is 0 Å². The Labute approximate surface area is 152 Å². The molecule has 0 saturated carbocycles. The Morgan fingerprint density at radius 2 is 2.08 bits per heavy atom. The van der Waals surface area contributed by atoms with E-state index in [0.717, 1.165) is 26.2 Å². The van der Waals surface area contributed by atoms with E-state index in [2.05, 4.69) is 34.1 Å². The Morgan fingerprint density at radius 1 is 1.36 bits per heavy atom. The number of morpholine rings is 1. The first-order chi connectivity index (χ1) is 11.9. The monoisotopic (exact) mass is 373 g/mol. The first kappa shape index (κ1) is 19.8. The van der Waals surface area contributed by atoms with Crippen LogP contribution in [0.4, 0.5) is 14.5 Å². The topological polar surface area (TPSA) is 45.8 Å². The van der Waals surface area contributed by atoms with Crippen molar-refractivity contribution in [3.8, 4) is 5.75 Å². The molecule has 0 spiro atoms. The van der Waals surface area contributed by atoms with Gasteiger partial charge in [0.05, 0.1) is 12.7 Å². The predicted octanol–water partition coefficient (Wildman–Crippen LogP) is 2.93. The van der Waals surface area contributed by atoms with Gasteiger partial charge in [0, 0.05) is 31.9 Å². The summed E-state index contributed by atoms with van der Waals surface area (Å²) in [6.45, 7) is 5.84. The van der Waals surface area contributed by atoms with Crippen LogP contribution < -0.4 is 15.4 Å². The first-order valence-corrected chi connectivity index (χ1v) is 8.77. The summed E-state index contributed by atoms with van der Waals surface area (Å²) < 4.78 is 34.3. The third-order valence-corrected chi connectivity index (χ3v) is 3.92. The highest BCUT2D eigenvalue weighted by atomic mass is 32.1. The summed E-state index contributed by atoms with van der Waals surface area (Å²) in [7, 11) is 0. The summed E-state index contributed by atoms with van der Waals surface area (Å²) >= 11 is 5.26. The molecule has 1 aromatic rings. The van der Waals surface area contributed by atoms with Crippen molar-refractivity contribution in [3.05, 3.63) is 24.3 Å². The molecular formula is C17H25F2N3O2S. The molecule has 5 nitrogen and oxygen atoms in total. The Hall–Kier alpha value is -1.51. The Morgan fingerprint density at radius 3 is 2.72 bits per heavy atom. The minimum Gasteiger partial charge on any atom is -0.435 e. The van der Waals surface area contributed by atoms with Crippen molar-refractivity contribution in [3.63, 3.8) is 0 Å². The van der Waals surface area contributed by atoms with Gasteiger partial charge in [-0.2, -0.15) is 8.78 Å². The van der Waals surface area contributed by atoms with E-state index in [-0.39, 0.29) is 11.9 Å². The number of rotatable bonds is 7. The number of nitrogens with zero attached hydrogens (tertiary/aromatic N) is 1. The van der Waals surface area contributed by atoms with Crippen LogP contribution in [0.5, 0.6) is 5.75 Å². The standard InChI is InChI=1S/C17H25F2N3O2S/c1-12(2)10-22-7-8-23-15(11-22)9-20-17(25)21-13-3-5-14(6-4-13)24-16(18)19/h3-6,12,15-16H,7-11H2,1-2H3,(H2,20,21,25)/t15-/m0/s1. The van der Waals surface area contributed by atoms with E-state index < -0.39 is 6.61 Å². The number of alkyl halides is 2. The van der Waals surface area contributed by atoms with E-state index in [1.807, 2.05) is 0 Å². The Bertz CT molecular complexity index is 543. The molecule has 1 aromatic carbocycles. The highest BCUT2D eigenvalue weighted by molar-refractivity contribution is 7.80. The van der Waals surface area contributed by atoms with Gasteiger partial charge in [0.25, 0.3) is 0 Å². The van der Waals surface area contributed by atoms with Gasteiger partial charge in [-0.15, -0.1) is 0 Å². The lowest BCUT2D eigenvalue weighted by Crippen LogP contribution is -2.48. The fourth-order valence-corrected chi connectivity index (χ4v) is 2.89. The third-order valence-electron chi connectivity index (χ3n) is 3.67. The van der Waals surface area contributed by atoms with Crippen molar-refractivity contribution in [2.24, 2.45) is 5.92 Å². The summed E-state index contributed by atoms with van der Waals surface area (Å²) in [6.07, 6.45) is 0.0917. The average molecular weight is 373 g/mol. The van der Waals surface area contributed by atoms with Crippen LogP contribution in [-0.2, 0) is 4.74 Å². The molecule has 25 heavy (non-hydrogen) atoms. The zero-order valence-electron chi connectivity index (χ0n) is 14.5. The number of benzene rings is 1. The molecule has 1 aliphatic heterocycles. The maximum Gasteiger partial charge on any atom is 0.387 e. The smallest absolute Gasteiger partial charge is 0.387 e. The lowest BCUT2D eigenvalue weighted by Gasteiger charge is -2.34. The van der Waals surface area contributed by atoms with Gasteiger partial charge in [0.1, 0.15) is 5.75 Å². The number of hydrogen-bond donors (Lipinski definition) is 2. The molecule has 0 radical (unpaired) electrons. The molecule has 1 atom stereocenters. The molecule has 8 heteroatoms. The van der Waals surface area contributed by atoms with Crippen molar-refractivity contribution in [1.29, 1.82) is 0 Å². The predicted molar refractivity (Wildman–Crippen MR) is 98.3 cm³/mol. The van der Waals surface area contributed by atoms with Gasteiger partial charge >= 0.3 is 6.61 Å². The van der Waals surface area contributed by atoms with Crippen LogP contribution in [0.15, 0.2) is 24.3 Å². The maximum atomic E-state index is 12.1. The van der Waals surface area contributed by atoms with E-state index in [9.17, 15) is 8.78 Å². The Balaban J connectivity index is 1.73. The van der Waals surface area contributed by atoms with Crippen LogP contribution in [0.25, 0.3) is 0 Å². The second-order valence-electron chi connectivity index (χ2n) is 6.38.